The van der Waals surface area contributed by atoms with E-state index in [2.05, 4.69) is 108 Å². The van der Waals surface area contributed by atoms with Gasteiger partial charge in [-0.1, -0.05) is 79.3 Å². The first kappa shape index (κ1) is 51.1. The number of halogens is 1. The van der Waals surface area contributed by atoms with E-state index in [-0.39, 0.29) is 55.6 Å². The van der Waals surface area contributed by atoms with Gasteiger partial charge < -0.3 is 36.8 Å². The summed E-state index contributed by atoms with van der Waals surface area (Å²) in [6, 6.07) is 36.7. The van der Waals surface area contributed by atoms with E-state index in [9.17, 15) is 0 Å². The summed E-state index contributed by atoms with van der Waals surface area (Å²) in [6.45, 7) is 24.5. The third kappa shape index (κ3) is 9.58. The monoisotopic (exact) mass is 980 g/mol. The smallest absolute Gasteiger partial charge is 0.454 e. The molecule has 10 nitrogen and oxygen atoms in total. The Labute approximate surface area is 411 Å². The first-order chi connectivity index (χ1) is 31.0. The lowest BCUT2D eigenvalue weighted by molar-refractivity contribution is 0.00578. The molecule has 3 aliphatic rings. The van der Waals surface area contributed by atoms with Crippen molar-refractivity contribution in [1.29, 1.82) is 0 Å². The highest BCUT2D eigenvalue weighted by Gasteiger charge is 2.63. The van der Waals surface area contributed by atoms with Crippen molar-refractivity contribution in [3.8, 4) is 22.3 Å². The highest BCUT2D eigenvalue weighted by molar-refractivity contribution is 9.10. The van der Waals surface area contributed by atoms with E-state index >= 15 is 0 Å². The summed E-state index contributed by atoms with van der Waals surface area (Å²) in [5, 5.41) is 2.08. The van der Waals surface area contributed by atoms with E-state index in [0.29, 0.717) is 0 Å². The van der Waals surface area contributed by atoms with Gasteiger partial charge in [0.2, 0.25) is 0 Å². The number of rotatable bonds is 4. The van der Waals surface area contributed by atoms with Crippen LogP contribution in [-0.4, -0.2) is 64.7 Å². The Morgan fingerprint density at radius 2 is 0.779 bits per heavy atom. The molecular weight excluding hydrogens is 917 g/mol. The molecule has 0 atom stereocenters. The maximum atomic E-state index is 6.21. The molecule has 4 aromatic carbocycles. The molecule has 0 N–H and O–H groups in total. The van der Waals surface area contributed by atoms with E-state index in [4.69, 9.17) is 36.8 Å². The summed E-state index contributed by atoms with van der Waals surface area (Å²) in [6.07, 6.45) is 3.59. The first-order valence-electron chi connectivity index (χ1n) is 22.5. The third-order valence-corrected chi connectivity index (χ3v) is 14.6. The maximum absolute atomic E-state index is 6.21. The SMILES string of the molecule is Brc1cccc(-c2ccc3oc4cccnc4c3c2)c1.C.C.CC1(C)OB(B2OC(C)(C)C(C)(C)O2)OC1(C)C.CC1(C)OB(c2cccc(-c3ccc4oc5cccnc5c4c3)c2)OC1(C)C. The van der Waals surface area contributed by atoms with Crippen LogP contribution in [0.2, 0.25) is 0 Å². The molecule has 0 radical (unpaired) electrons. The average Bonchev–Trinajstić information content (AvgIpc) is 4.00. The van der Waals surface area contributed by atoms with Gasteiger partial charge in [-0.25, -0.2) is 0 Å². The highest BCUT2D eigenvalue weighted by atomic mass is 79.9. The Hall–Kier alpha value is -4.79. The van der Waals surface area contributed by atoms with Crippen LogP contribution in [0.25, 0.3) is 66.4 Å². The summed E-state index contributed by atoms with van der Waals surface area (Å²) in [5.74, 6) is 0. The number of hydrogen-bond acceptors (Lipinski definition) is 10. The maximum Gasteiger partial charge on any atom is 0.494 e. The summed E-state index contributed by atoms with van der Waals surface area (Å²) in [7, 11) is -1.32. The Morgan fingerprint density at radius 3 is 1.21 bits per heavy atom. The Balaban J connectivity index is 0.000000153. The summed E-state index contributed by atoms with van der Waals surface area (Å²) in [4.78, 5) is 8.90. The molecular formula is C54H64B3BrN2O8. The van der Waals surface area contributed by atoms with Crippen LogP contribution in [0.5, 0.6) is 0 Å². The summed E-state index contributed by atoms with van der Waals surface area (Å²) >= 11 is 3.51. The summed E-state index contributed by atoms with van der Waals surface area (Å²) in [5.41, 5.74) is 8.59. The highest BCUT2D eigenvalue weighted by Crippen LogP contribution is 2.43. The Kier molecular flexibility index (Phi) is 13.9. The van der Waals surface area contributed by atoms with Gasteiger partial charge in [-0.15, -0.1) is 0 Å². The average molecular weight is 981 g/mol. The predicted octanol–water partition coefficient (Wildman–Crippen LogP) is 13.9. The molecule has 68 heavy (non-hydrogen) atoms. The van der Waals surface area contributed by atoms with Crippen LogP contribution >= 0.6 is 15.9 Å². The first-order valence-corrected chi connectivity index (χ1v) is 23.3. The van der Waals surface area contributed by atoms with Gasteiger partial charge in [0.15, 0.2) is 11.2 Å². The number of fused-ring (bicyclic) bond motifs is 6. The number of benzene rings is 4. The number of pyridine rings is 2. The minimum Gasteiger partial charge on any atom is -0.454 e. The molecule has 0 amide bonds. The van der Waals surface area contributed by atoms with Gasteiger partial charge >= 0.3 is 21.1 Å². The van der Waals surface area contributed by atoms with Gasteiger partial charge in [-0.2, -0.15) is 0 Å². The summed E-state index contributed by atoms with van der Waals surface area (Å²) < 4.78 is 49.0. The molecule has 7 heterocycles. The molecule has 8 aromatic rings. The van der Waals surface area contributed by atoms with E-state index in [1.165, 1.54) is 5.56 Å². The molecule has 3 aliphatic heterocycles. The minimum absolute atomic E-state index is 0. The lowest BCUT2D eigenvalue weighted by Crippen LogP contribution is -2.41. The van der Waals surface area contributed by atoms with Gasteiger partial charge in [0.25, 0.3) is 0 Å². The second-order valence-corrected chi connectivity index (χ2v) is 21.2. The van der Waals surface area contributed by atoms with E-state index < -0.39 is 14.0 Å². The molecule has 4 aromatic heterocycles. The zero-order chi connectivity index (χ0) is 47.0. The third-order valence-electron chi connectivity index (χ3n) is 14.1. The minimum atomic E-state index is -0.476. The molecule has 3 fully saturated rings. The second-order valence-electron chi connectivity index (χ2n) is 20.3. The van der Waals surface area contributed by atoms with Crippen molar-refractivity contribution in [3.63, 3.8) is 0 Å². The fourth-order valence-electron chi connectivity index (χ4n) is 8.07. The van der Waals surface area contributed by atoms with Gasteiger partial charge in [0.1, 0.15) is 22.2 Å². The van der Waals surface area contributed by atoms with E-state index in [0.717, 1.165) is 70.8 Å². The molecule has 14 heteroatoms. The number of hydrogen-bond donors (Lipinski definition) is 0. The number of aromatic nitrogens is 2. The van der Waals surface area contributed by atoms with E-state index in [1.54, 1.807) is 12.4 Å². The van der Waals surface area contributed by atoms with Crippen LogP contribution in [0.1, 0.15) is 97.9 Å². The molecule has 11 rings (SSSR count). The molecule has 3 saturated heterocycles. The zero-order valence-electron chi connectivity index (χ0n) is 39.8. The van der Waals surface area contributed by atoms with Crippen LogP contribution in [0, 0.1) is 0 Å². The molecule has 0 saturated carbocycles. The van der Waals surface area contributed by atoms with Crippen LogP contribution in [0.4, 0.5) is 0 Å². The van der Waals surface area contributed by atoms with Crippen molar-refractivity contribution < 1.29 is 36.8 Å². The van der Waals surface area contributed by atoms with E-state index in [1.807, 2.05) is 110 Å². The van der Waals surface area contributed by atoms with Gasteiger partial charge in [0, 0.05) is 27.6 Å². The standard InChI is InChI=1S/C23H22BNO3.C17H10BrNO.C12H24B2O4.2CH4/c1-22(2)23(3,4)28-24(27-22)17-8-5-7-15(13-17)16-10-11-19-18(14-16)21-20(26-19)9-6-12-25-21;18-13-4-1-3-11(9-13)12-6-7-15-14(10-12)17-16(20-15)5-2-8-19-17;1-9(2)10(3,4)16-13(15-9)14-17-11(5,6)12(7,8)18-14;;/h5-14H,1-4H3;1-10H;1-8H3;2*1H4. The molecule has 354 valence electrons. The van der Waals surface area contributed by atoms with Crippen LogP contribution in [0.15, 0.2) is 135 Å². The number of nitrogens with zero attached hydrogens (tertiary/aromatic N) is 2. The second kappa shape index (κ2) is 18.5. The fourth-order valence-corrected chi connectivity index (χ4v) is 8.47. The fraction of sp³-hybridized carbons (Fsp3) is 0.370. The molecule has 0 unspecified atom stereocenters. The molecule has 0 spiro atoms. The van der Waals surface area contributed by atoms with Gasteiger partial charge in [0.05, 0.1) is 33.6 Å². The number of furan rings is 2. The predicted molar refractivity (Wildman–Crippen MR) is 283 cm³/mol. The van der Waals surface area contributed by atoms with Crippen molar-refractivity contribution in [1.82, 2.24) is 9.97 Å². The van der Waals surface area contributed by atoms with Gasteiger partial charge in [-0.3, -0.25) is 9.97 Å². The Morgan fingerprint density at radius 1 is 0.397 bits per heavy atom. The largest absolute Gasteiger partial charge is 0.494 e. The van der Waals surface area contributed by atoms with Crippen molar-refractivity contribution in [2.45, 2.75) is 132 Å². The lowest BCUT2D eigenvalue weighted by atomic mass is 9.49. The Bertz CT molecular complexity index is 3010. The zero-order valence-corrected chi connectivity index (χ0v) is 41.4. The quantitative estimate of drug-likeness (QED) is 0.158. The topological polar surface area (TPSA) is 107 Å². The lowest BCUT2D eigenvalue weighted by Gasteiger charge is -2.32. The van der Waals surface area contributed by atoms with Crippen LogP contribution in [-0.2, 0) is 27.9 Å². The van der Waals surface area contributed by atoms with Crippen LogP contribution in [0.3, 0.4) is 0 Å². The van der Waals surface area contributed by atoms with Crippen molar-refractivity contribution in [3.05, 3.63) is 126 Å². The van der Waals surface area contributed by atoms with Crippen LogP contribution < -0.4 is 5.46 Å². The van der Waals surface area contributed by atoms with Crippen molar-refractivity contribution in [2.24, 2.45) is 0 Å². The molecule has 0 bridgehead atoms. The van der Waals surface area contributed by atoms with Crippen molar-refractivity contribution >= 4 is 86.7 Å². The molecule has 0 aliphatic carbocycles. The normalized spacial score (nSPS) is 19.3. The van der Waals surface area contributed by atoms with Gasteiger partial charge in [-0.05, 0) is 171 Å². The van der Waals surface area contributed by atoms with Crippen molar-refractivity contribution in [2.75, 3.05) is 0 Å².